The van der Waals surface area contributed by atoms with E-state index in [1.54, 1.807) is 17.0 Å². The third-order valence-corrected chi connectivity index (χ3v) is 2.96. The van der Waals surface area contributed by atoms with Crippen molar-refractivity contribution in [2.24, 2.45) is 5.73 Å². The average Bonchev–Trinajstić information content (AvgIpc) is 2.73. The number of carboxylic acids is 1. The summed E-state index contributed by atoms with van der Waals surface area (Å²) in [5, 5.41) is 18.0. The zero-order valence-electron chi connectivity index (χ0n) is 9.13. The maximum Gasteiger partial charge on any atom is 0.325 e. The van der Waals surface area contributed by atoms with Gasteiger partial charge >= 0.3 is 5.97 Å². The largest absolute Gasteiger partial charge is 0.480 e. The van der Waals surface area contributed by atoms with Crippen LogP contribution in [0.15, 0.2) is 18.3 Å². The van der Waals surface area contributed by atoms with Crippen molar-refractivity contribution in [1.29, 1.82) is 5.26 Å². The van der Waals surface area contributed by atoms with Crippen LogP contribution in [0.3, 0.4) is 0 Å². The zero-order chi connectivity index (χ0) is 12.5. The Morgan fingerprint density at radius 2 is 2.47 bits per heavy atom. The summed E-state index contributed by atoms with van der Waals surface area (Å²) in [5.74, 6) is -1.01. The first kappa shape index (κ1) is 11.4. The minimum Gasteiger partial charge on any atom is -0.480 e. The molecule has 0 bridgehead atoms. The number of nitriles is 1. The van der Waals surface area contributed by atoms with Crippen LogP contribution < -0.4 is 10.6 Å². The van der Waals surface area contributed by atoms with E-state index in [1.165, 1.54) is 6.20 Å². The molecular formula is C11H12N4O2. The molecule has 6 nitrogen and oxygen atoms in total. The normalized spacial score (nSPS) is 23.4. The highest BCUT2D eigenvalue weighted by Gasteiger charge is 2.41. The smallest absolute Gasteiger partial charge is 0.325 e. The molecule has 1 aromatic heterocycles. The van der Waals surface area contributed by atoms with E-state index in [-0.39, 0.29) is 6.54 Å². The van der Waals surface area contributed by atoms with E-state index >= 15 is 0 Å². The highest BCUT2D eigenvalue weighted by Crippen LogP contribution is 2.26. The van der Waals surface area contributed by atoms with Crippen molar-refractivity contribution in [2.75, 3.05) is 18.0 Å². The van der Waals surface area contributed by atoms with Crippen LogP contribution in [0.1, 0.15) is 12.1 Å². The van der Waals surface area contributed by atoms with E-state index < -0.39 is 11.5 Å². The summed E-state index contributed by atoms with van der Waals surface area (Å²) < 4.78 is 0. The van der Waals surface area contributed by atoms with Gasteiger partial charge in [0.2, 0.25) is 0 Å². The van der Waals surface area contributed by atoms with Crippen molar-refractivity contribution in [3.05, 3.63) is 24.0 Å². The quantitative estimate of drug-likeness (QED) is 0.740. The highest BCUT2D eigenvalue weighted by atomic mass is 16.4. The molecule has 2 heterocycles. The fourth-order valence-electron chi connectivity index (χ4n) is 1.95. The van der Waals surface area contributed by atoms with Crippen molar-refractivity contribution in [3.8, 4) is 6.07 Å². The molecule has 1 aliphatic rings. The second-order valence-electron chi connectivity index (χ2n) is 4.12. The lowest BCUT2D eigenvalue weighted by Crippen LogP contribution is -2.50. The number of carbonyl (C=O) groups is 1. The van der Waals surface area contributed by atoms with Crippen molar-refractivity contribution < 1.29 is 9.90 Å². The lowest BCUT2D eigenvalue weighted by atomic mass is 10.0. The predicted molar refractivity (Wildman–Crippen MR) is 60.3 cm³/mol. The highest BCUT2D eigenvalue weighted by molar-refractivity contribution is 5.81. The lowest BCUT2D eigenvalue weighted by molar-refractivity contribution is -0.142. The van der Waals surface area contributed by atoms with Crippen LogP contribution in [0.4, 0.5) is 5.69 Å². The van der Waals surface area contributed by atoms with Gasteiger partial charge in [-0.2, -0.15) is 5.26 Å². The third kappa shape index (κ3) is 1.92. The summed E-state index contributed by atoms with van der Waals surface area (Å²) in [4.78, 5) is 16.8. The molecule has 3 N–H and O–H groups in total. The van der Waals surface area contributed by atoms with Gasteiger partial charge in [-0.15, -0.1) is 0 Å². The summed E-state index contributed by atoms with van der Waals surface area (Å²) >= 11 is 0. The number of nitrogens with two attached hydrogens (primary N) is 1. The Hall–Kier alpha value is -2.13. The molecule has 6 heteroatoms. The molecule has 17 heavy (non-hydrogen) atoms. The standard InChI is InChI=1S/C11H12N4O2/c12-6-8-9(2-1-4-14-8)15-5-3-11(13,7-15)10(16)17/h1-2,4H,3,5,7,13H2,(H,16,17). The first-order chi connectivity index (χ1) is 8.07. The number of aliphatic carboxylic acids is 1. The average molecular weight is 232 g/mol. The number of carboxylic acid groups (broad SMARTS) is 1. The van der Waals surface area contributed by atoms with Crippen molar-refractivity contribution >= 4 is 11.7 Å². The van der Waals surface area contributed by atoms with Gasteiger partial charge in [-0.05, 0) is 18.6 Å². The van der Waals surface area contributed by atoms with E-state index in [9.17, 15) is 4.79 Å². The summed E-state index contributed by atoms with van der Waals surface area (Å²) in [5.41, 5.74) is 5.48. The van der Waals surface area contributed by atoms with Gasteiger partial charge in [0.05, 0.1) is 5.69 Å². The molecule has 1 unspecified atom stereocenters. The van der Waals surface area contributed by atoms with Crippen LogP contribution in [0.25, 0.3) is 0 Å². The van der Waals surface area contributed by atoms with Gasteiger partial charge in [-0.25, -0.2) is 4.98 Å². The Labute approximate surface area is 98.3 Å². The third-order valence-electron chi connectivity index (χ3n) is 2.96. The van der Waals surface area contributed by atoms with Crippen LogP contribution in [-0.4, -0.2) is 34.7 Å². The van der Waals surface area contributed by atoms with Crippen LogP contribution in [0.5, 0.6) is 0 Å². The fourth-order valence-corrected chi connectivity index (χ4v) is 1.95. The van der Waals surface area contributed by atoms with Crippen molar-refractivity contribution in [3.63, 3.8) is 0 Å². The number of anilines is 1. The molecule has 0 spiro atoms. The number of aromatic nitrogens is 1. The molecule has 88 valence electrons. The number of rotatable bonds is 2. The van der Waals surface area contributed by atoms with Crippen LogP contribution >= 0.6 is 0 Å². The number of pyridine rings is 1. The van der Waals surface area contributed by atoms with Gasteiger partial charge in [0.1, 0.15) is 11.6 Å². The topological polar surface area (TPSA) is 103 Å². The molecule has 0 saturated carbocycles. The van der Waals surface area contributed by atoms with E-state index in [4.69, 9.17) is 16.1 Å². The molecule has 0 aliphatic carbocycles. The SMILES string of the molecule is N#Cc1ncccc1N1CCC(N)(C(=O)O)C1. The van der Waals surface area contributed by atoms with Gasteiger partial charge in [0.15, 0.2) is 5.69 Å². The summed E-state index contributed by atoms with van der Waals surface area (Å²) in [6, 6.07) is 5.45. The predicted octanol–water partition coefficient (Wildman–Crippen LogP) is -0.0545. The molecule has 1 saturated heterocycles. The van der Waals surface area contributed by atoms with Gasteiger partial charge in [0, 0.05) is 19.3 Å². The maximum absolute atomic E-state index is 11.0. The molecule has 0 amide bonds. The van der Waals surface area contributed by atoms with E-state index in [0.717, 1.165) is 0 Å². The molecule has 1 aromatic rings. The summed E-state index contributed by atoms with van der Waals surface area (Å²) in [7, 11) is 0. The minimum absolute atomic E-state index is 0.197. The molecule has 1 fully saturated rings. The Morgan fingerprint density at radius 1 is 1.71 bits per heavy atom. The summed E-state index contributed by atoms with van der Waals surface area (Å²) in [6.45, 7) is 0.714. The second kappa shape index (κ2) is 4.03. The molecule has 1 aliphatic heterocycles. The fraction of sp³-hybridized carbons (Fsp3) is 0.364. The number of nitrogens with zero attached hydrogens (tertiary/aromatic N) is 3. The Morgan fingerprint density at radius 3 is 3.06 bits per heavy atom. The number of hydrogen-bond acceptors (Lipinski definition) is 5. The minimum atomic E-state index is -1.23. The van der Waals surface area contributed by atoms with Crippen LogP contribution in [-0.2, 0) is 4.79 Å². The van der Waals surface area contributed by atoms with Gasteiger partial charge in [0.25, 0.3) is 0 Å². The van der Waals surface area contributed by atoms with Crippen LogP contribution in [0.2, 0.25) is 0 Å². The van der Waals surface area contributed by atoms with Gasteiger partial charge in [-0.3, -0.25) is 4.79 Å². The molecular weight excluding hydrogens is 220 g/mol. The van der Waals surface area contributed by atoms with E-state index in [2.05, 4.69) is 4.98 Å². The molecule has 2 rings (SSSR count). The van der Waals surface area contributed by atoms with E-state index in [1.807, 2.05) is 6.07 Å². The Kier molecular flexibility index (Phi) is 2.69. The molecule has 0 radical (unpaired) electrons. The zero-order valence-corrected chi connectivity index (χ0v) is 9.13. The first-order valence-corrected chi connectivity index (χ1v) is 5.19. The van der Waals surface area contributed by atoms with Gasteiger partial charge in [-0.1, -0.05) is 0 Å². The Balaban J connectivity index is 2.27. The Bertz CT molecular complexity index is 496. The number of hydrogen-bond donors (Lipinski definition) is 2. The maximum atomic E-state index is 11.0. The first-order valence-electron chi connectivity index (χ1n) is 5.19. The van der Waals surface area contributed by atoms with Crippen molar-refractivity contribution in [2.45, 2.75) is 12.0 Å². The van der Waals surface area contributed by atoms with E-state index in [0.29, 0.717) is 24.3 Å². The summed E-state index contributed by atoms with van der Waals surface area (Å²) in [6.07, 6.45) is 1.90. The van der Waals surface area contributed by atoms with Gasteiger partial charge < -0.3 is 15.7 Å². The van der Waals surface area contributed by atoms with Crippen LogP contribution in [0, 0.1) is 11.3 Å². The molecule has 0 aromatic carbocycles. The second-order valence-corrected chi connectivity index (χ2v) is 4.12. The van der Waals surface area contributed by atoms with Crippen molar-refractivity contribution in [1.82, 2.24) is 4.98 Å². The lowest BCUT2D eigenvalue weighted by Gasteiger charge is -2.21. The molecule has 1 atom stereocenters. The monoisotopic (exact) mass is 232 g/mol.